The van der Waals surface area contributed by atoms with Crippen LogP contribution in [0.5, 0.6) is 0 Å². The molecule has 1 saturated heterocycles. The van der Waals surface area contributed by atoms with Gasteiger partial charge in [-0.05, 0) is 62.3 Å². The fraction of sp³-hybridized carbons (Fsp3) is 0.458. The molecule has 1 aliphatic carbocycles. The molecule has 11 heteroatoms. The van der Waals surface area contributed by atoms with E-state index in [0.29, 0.717) is 32.5 Å². The highest BCUT2D eigenvalue weighted by molar-refractivity contribution is 7.99. The van der Waals surface area contributed by atoms with Crippen LogP contribution in [0.15, 0.2) is 28.2 Å². The van der Waals surface area contributed by atoms with Crippen molar-refractivity contribution < 1.29 is 13.2 Å². The number of amides is 1. The Bertz CT molecular complexity index is 1500. The van der Waals surface area contributed by atoms with Gasteiger partial charge in [-0.3, -0.25) is 14.2 Å². The van der Waals surface area contributed by atoms with Crippen molar-refractivity contribution in [3.8, 4) is 5.69 Å². The molecule has 1 amide bonds. The van der Waals surface area contributed by atoms with Crippen molar-refractivity contribution in [3.05, 3.63) is 49.6 Å². The third-order valence-electron chi connectivity index (χ3n) is 6.85. The van der Waals surface area contributed by atoms with Crippen LogP contribution < -0.4 is 5.56 Å². The minimum Gasteiger partial charge on any atom is -0.341 e. The highest BCUT2D eigenvalue weighted by Gasteiger charge is 2.33. The van der Waals surface area contributed by atoms with Gasteiger partial charge in [-0.1, -0.05) is 29.4 Å². The molecule has 1 atom stereocenters. The van der Waals surface area contributed by atoms with E-state index in [4.69, 9.17) is 16.6 Å². The zero-order chi connectivity index (χ0) is 24.9. The fourth-order valence-corrected chi connectivity index (χ4v) is 8.93. The highest BCUT2D eigenvalue weighted by Crippen LogP contribution is 2.35. The van der Waals surface area contributed by atoms with E-state index in [9.17, 15) is 18.0 Å². The largest absolute Gasteiger partial charge is 0.341 e. The monoisotopic (exact) mass is 551 g/mol. The molecule has 1 fully saturated rings. The molecule has 0 N–H and O–H groups in total. The first-order valence-corrected chi connectivity index (χ1v) is 15.6. The summed E-state index contributed by atoms with van der Waals surface area (Å²) in [6.07, 6.45) is 4.46. The summed E-state index contributed by atoms with van der Waals surface area (Å²) in [5.74, 6) is -0.0322. The summed E-state index contributed by atoms with van der Waals surface area (Å²) in [4.78, 5) is 35.1. The van der Waals surface area contributed by atoms with Gasteiger partial charge in [0.1, 0.15) is 4.83 Å². The van der Waals surface area contributed by atoms with Gasteiger partial charge >= 0.3 is 0 Å². The molecule has 1 aliphatic heterocycles. The minimum atomic E-state index is -3.09. The van der Waals surface area contributed by atoms with Gasteiger partial charge < -0.3 is 4.90 Å². The van der Waals surface area contributed by atoms with Crippen LogP contribution in [0.25, 0.3) is 15.9 Å². The lowest BCUT2D eigenvalue weighted by atomic mass is 9.97. The summed E-state index contributed by atoms with van der Waals surface area (Å²) >= 11 is 9.16. The van der Waals surface area contributed by atoms with Gasteiger partial charge in [0, 0.05) is 23.0 Å². The van der Waals surface area contributed by atoms with Crippen molar-refractivity contribution >= 4 is 60.7 Å². The van der Waals surface area contributed by atoms with Crippen molar-refractivity contribution in [1.29, 1.82) is 0 Å². The maximum atomic E-state index is 13.8. The average Bonchev–Trinajstić information content (AvgIpc) is 3.38. The van der Waals surface area contributed by atoms with Crippen molar-refractivity contribution in [2.24, 2.45) is 0 Å². The van der Waals surface area contributed by atoms with Crippen LogP contribution in [-0.2, 0) is 27.5 Å². The zero-order valence-electron chi connectivity index (χ0n) is 19.5. The van der Waals surface area contributed by atoms with Crippen LogP contribution in [0.2, 0.25) is 5.02 Å². The van der Waals surface area contributed by atoms with Crippen molar-refractivity contribution in [1.82, 2.24) is 14.5 Å². The summed E-state index contributed by atoms with van der Waals surface area (Å²) in [5.41, 5.74) is 2.49. The third kappa shape index (κ3) is 4.77. The van der Waals surface area contributed by atoms with Crippen molar-refractivity contribution in [3.63, 3.8) is 0 Å². The quantitative estimate of drug-likeness (QED) is 0.351. The molecular formula is C24H26ClN3O4S3. The molecule has 2 aliphatic rings. The number of carbonyl (C=O) groups is 1. The van der Waals surface area contributed by atoms with E-state index in [1.54, 1.807) is 29.0 Å². The second-order valence-corrected chi connectivity index (χ2v) is 13.9. The molecule has 0 radical (unpaired) electrons. The smallest absolute Gasteiger partial charge is 0.267 e. The van der Waals surface area contributed by atoms with Gasteiger partial charge in [-0.2, -0.15) is 0 Å². The number of nitrogens with zero attached hydrogens (tertiary/aromatic N) is 3. The second-order valence-electron chi connectivity index (χ2n) is 9.21. The SMILES string of the molecule is Cc1ccc(-n2c(SCC(=O)N(C)[C@H]3CCS(=O)(=O)C3)nc3sc4c(c3c2=O)CCCC4)cc1Cl. The lowest BCUT2D eigenvalue weighted by molar-refractivity contribution is -0.128. The molecule has 35 heavy (non-hydrogen) atoms. The molecule has 5 rings (SSSR count). The number of carbonyl (C=O) groups excluding carboxylic acids is 1. The molecule has 186 valence electrons. The number of hydrogen-bond acceptors (Lipinski definition) is 7. The van der Waals surface area contributed by atoms with Crippen LogP contribution in [0, 0.1) is 6.92 Å². The van der Waals surface area contributed by atoms with E-state index in [2.05, 4.69) is 0 Å². The number of fused-ring (bicyclic) bond motifs is 3. The van der Waals surface area contributed by atoms with E-state index in [0.717, 1.165) is 36.8 Å². The Morgan fingerprint density at radius 1 is 1.31 bits per heavy atom. The Labute approximate surface area is 217 Å². The number of sulfone groups is 1. The standard InChI is InChI=1S/C24H26ClN3O4S3/c1-14-7-8-15(11-18(14)25)28-23(30)21-17-5-3-4-6-19(17)34-22(21)26-24(28)33-12-20(29)27(2)16-9-10-35(31,32)13-16/h7-8,11,16H,3-6,9-10,12-13H2,1-2H3/t16-/m0/s1. The fourth-order valence-electron chi connectivity index (χ4n) is 4.74. The molecular weight excluding hydrogens is 526 g/mol. The summed E-state index contributed by atoms with van der Waals surface area (Å²) in [5, 5.41) is 1.66. The minimum absolute atomic E-state index is 0.00254. The lowest BCUT2D eigenvalue weighted by Gasteiger charge is -2.23. The highest BCUT2D eigenvalue weighted by atomic mass is 35.5. The first kappa shape index (κ1) is 24.8. The maximum Gasteiger partial charge on any atom is 0.267 e. The average molecular weight is 552 g/mol. The number of aromatic nitrogens is 2. The molecule has 0 spiro atoms. The summed E-state index contributed by atoms with van der Waals surface area (Å²) in [7, 11) is -1.45. The lowest BCUT2D eigenvalue weighted by Crippen LogP contribution is -2.39. The van der Waals surface area contributed by atoms with Gasteiger partial charge in [0.05, 0.1) is 28.3 Å². The molecule has 2 aromatic heterocycles. The third-order valence-corrected chi connectivity index (χ3v) is 11.1. The first-order chi connectivity index (χ1) is 16.6. The molecule has 0 bridgehead atoms. The Morgan fingerprint density at radius 2 is 2.09 bits per heavy atom. The van der Waals surface area contributed by atoms with Gasteiger partial charge in [-0.15, -0.1) is 11.3 Å². The predicted molar refractivity (Wildman–Crippen MR) is 142 cm³/mol. The molecule has 0 unspecified atom stereocenters. The van der Waals surface area contributed by atoms with Crippen LogP contribution in [0.4, 0.5) is 0 Å². The van der Waals surface area contributed by atoms with Gasteiger partial charge in [0.25, 0.3) is 5.56 Å². The summed E-state index contributed by atoms with van der Waals surface area (Å²) in [6, 6.07) is 5.15. The van der Waals surface area contributed by atoms with Crippen molar-refractivity contribution in [2.45, 2.75) is 50.2 Å². The normalized spacial score (nSPS) is 19.1. The topological polar surface area (TPSA) is 89.3 Å². The second kappa shape index (κ2) is 9.53. The van der Waals surface area contributed by atoms with Crippen LogP contribution >= 0.6 is 34.7 Å². The number of hydrogen-bond donors (Lipinski definition) is 0. The van der Waals surface area contributed by atoms with E-state index in [-0.39, 0.29) is 34.8 Å². The number of rotatable bonds is 5. The number of aryl methyl sites for hydroxylation is 3. The Kier molecular flexibility index (Phi) is 6.76. The Hall–Kier alpha value is -1.88. The van der Waals surface area contributed by atoms with Crippen LogP contribution in [-0.4, -0.2) is 59.1 Å². The molecule has 3 heterocycles. The molecule has 7 nitrogen and oxygen atoms in total. The Balaban J connectivity index is 1.53. The number of benzene rings is 1. The van der Waals surface area contributed by atoms with E-state index in [1.807, 2.05) is 19.1 Å². The summed E-state index contributed by atoms with van der Waals surface area (Å²) < 4.78 is 25.3. The van der Waals surface area contributed by atoms with Crippen molar-refractivity contribution in [2.75, 3.05) is 24.3 Å². The first-order valence-electron chi connectivity index (χ1n) is 11.6. The molecule has 1 aromatic carbocycles. The predicted octanol–water partition coefficient (Wildman–Crippen LogP) is 4.03. The number of thioether (sulfide) groups is 1. The molecule has 0 saturated carbocycles. The number of thiophene rings is 1. The van der Waals surface area contributed by atoms with E-state index < -0.39 is 9.84 Å². The van der Waals surface area contributed by atoms with Gasteiger partial charge in [0.2, 0.25) is 5.91 Å². The molecule has 3 aromatic rings. The van der Waals surface area contributed by atoms with Gasteiger partial charge in [0.15, 0.2) is 15.0 Å². The van der Waals surface area contributed by atoms with E-state index >= 15 is 0 Å². The van der Waals surface area contributed by atoms with Crippen LogP contribution in [0.3, 0.4) is 0 Å². The summed E-state index contributed by atoms with van der Waals surface area (Å²) in [6.45, 7) is 1.90. The number of halogens is 1. The maximum absolute atomic E-state index is 13.8. The van der Waals surface area contributed by atoms with E-state index in [1.165, 1.54) is 21.5 Å². The zero-order valence-corrected chi connectivity index (χ0v) is 22.7. The Morgan fingerprint density at radius 3 is 2.80 bits per heavy atom. The van der Waals surface area contributed by atoms with Gasteiger partial charge in [-0.25, -0.2) is 13.4 Å². The van der Waals surface area contributed by atoms with Crippen LogP contribution in [0.1, 0.15) is 35.3 Å².